The molecule has 0 saturated heterocycles. The fourth-order valence-corrected chi connectivity index (χ4v) is 3.28. The first-order valence-electron chi connectivity index (χ1n) is 9.83. The maximum atomic E-state index is 12.9. The van der Waals surface area contributed by atoms with Crippen LogP contribution in [0.2, 0.25) is 0 Å². The van der Waals surface area contributed by atoms with Gasteiger partial charge in [0.15, 0.2) is 0 Å². The molecule has 0 spiro atoms. The van der Waals surface area contributed by atoms with Gasteiger partial charge in [0.25, 0.3) is 0 Å². The molecule has 0 saturated carbocycles. The molecule has 0 aliphatic rings. The number of ether oxygens (including phenoxy) is 1. The third-order valence-corrected chi connectivity index (χ3v) is 5.89. The van der Waals surface area contributed by atoms with Crippen molar-refractivity contribution in [1.29, 1.82) is 0 Å². The van der Waals surface area contributed by atoms with Crippen LogP contribution in [-0.2, 0) is 16.7 Å². The third-order valence-electron chi connectivity index (χ3n) is 4.31. The highest BCUT2D eigenvalue weighted by molar-refractivity contribution is 7.87. The number of para-hydroxylation sites is 2. The van der Waals surface area contributed by atoms with Gasteiger partial charge in [-0.25, -0.2) is 4.79 Å². The summed E-state index contributed by atoms with van der Waals surface area (Å²) in [5.74, 6) is 1.11. The largest absolute Gasteiger partial charge is 0.495 e. The van der Waals surface area contributed by atoms with E-state index in [2.05, 4.69) is 5.32 Å². The highest BCUT2D eigenvalue weighted by Crippen LogP contribution is 2.24. The Hall–Kier alpha value is -2.74. The Morgan fingerprint density at radius 3 is 2.23 bits per heavy atom. The average Bonchev–Trinajstić information content (AvgIpc) is 2.68. The summed E-state index contributed by atoms with van der Waals surface area (Å²) in [5.41, 5.74) is 1.46. The van der Waals surface area contributed by atoms with Crippen molar-refractivity contribution in [1.82, 2.24) is 4.90 Å². The fraction of sp³-hybridized carbons (Fsp3) is 0.409. The van der Waals surface area contributed by atoms with Gasteiger partial charge in [0.1, 0.15) is 11.5 Å². The maximum absolute atomic E-state index is 12.9. The number of methoxy groups -OCH3 is 1. The summed E-state index contributed by atoms with van der Waals surface area (Å²) >= 11 is 0. The van der Waals surface area contributed by atoms with E-state index in [1.807, 2.05) is 26.0 Å². The maximum Gasteiger partial charge on any atom is 0.322 e. The minimum Gasteiger partial charge on any atom is -0.495 e. The van der Waals surface area contributed by atoms with Gasteiger partial charge in [-0.05, 0) is 49.6 Å². The molecule has 1 N–H and O–H groups in total. The van der Waals surface area contributed by atoms with Crippen molar-refractivity contribution in [3.63, 3.8) is 0 Å². The summed E-state index contributed by atoms with van der Waals surface area (Å²) in [4.78, 5) is 14.6. The van der Waals surface area contributed by atoms with Gasteiger partial charge in [-0.15, -0.1) is 0 Å². The molecule has 8 heteroatoms. The predicted molar refractivity (Wildman–Crippen MR) is 118 cm³/mol. The van der Waals surface area contributed by atoms with Gasteiger partial charge in [-0.2, -0.15) is 8.42 Å². The zero-order valence-electron chi connectivity index (χ0n) is 18.1. The Labute approximate surface area is 179 Å². The van der Waals surface area contributed by atoms with Crippen LogP contribution in [-0.4, -0.2) is 38.3 Å². The summed E-state index contributed by atoms with van der Waals surface area (Å²) in [5, 5.41) is 2.27. The molecule has 2 aromatic rings. The van der Waals surface area contributed by atoms with Crippen molar-refractivity contribution >= 4 is 21.8 Å². The number of amides is 2. The number of hydrogen-bond acceptors (Lipinski definition) is 5. The highest BCUT2D eigenvalue weighted by atomic mass is 32.2. The van der Waals surface area contributed by atoms with Gasteiger partial charge in [-0.1, -0.05) is 38.1 Å². The first-order chi connectivity index (χ1) is 14.1. The molecule has 0 bridgehead atoms. The second kappa shape index (κ2) is 10.3. The second-order valence-corrected chi connectivity index (χ2v) is 9.77. The molecular weight excluding hydrogens is 404 g/mol. The Morgan fingerprint density at radius 1 is 1.03 bits per heavy atom. The van der Waals surface area contributed by atoms with Crippen LogP contribution < -0.4 is 14.2 Å². The molecule has 30 heavy (non-hydrogen) atoms. The second-order valence-electron chi connectivity index (χ2n) is 7.67. The van der Waals surface area contributed by atoms with Crippen molar-refractivity contribution in [3.8, 4) is 11.5 Å². The van der Waals surface area contributed by atoms with E-state index in [0.717, 1.165) is 5.56 Å². The molecule has 0 aliphatic heterocycles. The lowest BCUT2D eigenvalue weighted by molar-refractivity contribution is 0.201. The Morgan fingerprint density at radius 2 is 1.67 bits per heavy atom. The number of nitrogens with one attached hydrogen (secondary N) is 1. The average molecular weight is 435 g/mol. The smallest absolute Gasteiger partial charge is 0.322 e. The van der Waals surface area contributed by atoms with E-state index in [9.17, 15) is 13.2 Å². The molecule has 0 fully saturated rings. The molecule has 7 nitrogen and oxygen atoms in total. The summed E-state index contributed by atoms with van der Waals surface area (Å²) < 4.78 is 34.2. The van der Waals surface area contributed by atoms with Crippen LogP contribution in [0.1, 0.15) is 33.3 Å². The minimum atomic E-state index is -3.64. The van der Waals surface area contributed by atoms with E-state index in [1.54, 1.807) is 62.3 Å². The number of benzene rings is 2. The summed E-state index contributed by atoms with van der Waals surface area (Å²) in [6.45, 7) is 8.13. The van der Waals surface area contributed by atoms with Gasteiger partial charge in [0.05, 0.1) is 18.0 Å². The molecule has 2 rings (SSSR count). The van der Waals surface area contributed by atoms with Crippen molar-refractivity contribution in [3.05, 3.63) is 54.1 Å². The van der Waals surface area contributed by atoms with Crippen LogP contribution in [0.4, 0.5) is 10.5 Å². The predicted octanol–water partition coefficient (Wildman–Crippen LogP) is 4.50. The van der Waals surface area contributed by atoms with Crippen molar-refractivity contribution < 1.29 is 22.1 Å². The molecule has 0 radical (unpaired) electrons. The van der Waals surface area contributed by atoms with Crippen molar-refractivity contribution in [2.75, 3.05) is 19.0 Å². The highest BCUT2D eigenvalue weighted by Gasteiger charge is 2.19. The monoisotopic (exact) mass is 434 g/mol. The van der Waals surface area contributed by atoms with Crippen LogP contribution in [0.5, 0.6) is 11.5 Å². The normalized spacial score (nSPS) is 11.4. The number of carbonyl (C=O) groups is 1. The van der Waals surface area contributed by atoms with Crippen LogP contribution in [0.3, 0.4) is 0 Å². The summed E-state index contributed by atoms with van der Waals surface area (Å²) in [7, 11) is -2.09. The zero-order valence-corrected chi connectivity index (χ0v) is 18.9. The number of rotatable bonds is 9. The molecule has 0 aliphatic carbocycles. The Bertz CT molecular complexity index is 940. The molecule has 0 unspecified atom stereocenters. The van der Waals surface area contributed by atoms with Crippen LogP contribution in [0.25, 0.3) is 0 Å². The SMILES string of the molecule is COc1ccccc1NC(=O)N(Cc1ccc(OS(=O)(=O)C(C)C)cc1)CC(C)C. The van der Waals surface area contributed by atoms with E-state index in [-0.39, 0.29) is 17.7 Å². The molecule has 0 aromatic heterocycles. The standard InChI is InChI=1S/C22H30N2O5S/c1-16(2)14-24(22(25)23-20-8-6-7-9-21(20)28-5)15-18-10-12-19(13-11-18)29-30(26,27)17(3)4/h6-13,16-17H,14-15H2,1-5H3,(H,23,25). The third kappa shape index (κ3) is 6.66. The van der Waals surface area contributed by atoms with Crippen LogP contribution in [0, 0.1) is 5.92 Å². The number of nitrogens with zero attached hydrogens (tertiary/aromatic N) is 1. The van der Waals surface area contributed by atoms with Gasteiger partial charge in [0, 0.05) is 13.1 Å². The Balaban J connectivity index is 2.13. The van der Waals surface area contributed by atoms with Crippen molar-refractivity contribution in [2.45, 2.75) is 39.5 Å². The van der Waals surface area contributed by atoms with E-state index in [0.29, 0.717) is 24.5 Å². The van der Waals surface area contributed by atoms with Gasteiger partial charge in [0.2, 0.25) is 0 Å². The lowest BCUT2D eigenvalue weighted by Gasteiger charge is -2.25. The quantitative estimate of drug-likeness (QED) is 0.587. The molecule has 2 aromatic carbocycles. The fourth-order valence-electron chi connectivity index (χ4n) is 2.70. The van der Waals surface area contributed by atoms with Crippen LogP contribution >= 0.6 is 0 Å². The van der Waals surface area contributed by atoms with Crippen LogP contribution in [0.15, 0.2) is 48.5 Å². The molecule has 0 heterocycles. The molecule has 0 atom stereocenters. The summed E-state index contributed by atoms with van der Waals surface area (Å²) in [6.07, 6.45) is 0. The molecular formula is C22H30N2O5S. The molecule has 164 valence electrons. The summed E-state index contributed by atoms with van der Waals surface area (Å²) in [6, 6.07) is 13.7. The van der Waals surface area contributed by atoms with E-state index < -0.39 is 15.4 Å². The molecule has 2 amide bonds. The van der Waals surface area contributed by atoms with E-state index in [1.165, 1.54) is 0 Å². The van der Waals surface area contributed by atoms with Gasteiger partial charge >= 0.3 is 16.1 Å². The zero-order chi connectivity index (χ0) is 22.3. The minimum absolute atomic E-state index is 0.240. The lowest BCUT2D eigenvalue weighted by Crippen LogP contribution is -2.37. The first-order valence-corrected chi connectivity index (χ1v) is 11.3. The van der Waals surface area contributed by atoms with E-state index >= 15 is 0 Å². The topological polar surface area (TPSA) is 84.9 Å². The number of urea groups is 1. The number of hydrogen-bond donors (Lipinski definition) is 1. The van der Waals surface area contributed by atoms with E-state index in [4.69, 9.17) is 8.92 Å². The van der Waals surface area contributed by atoms with Crippen molar-refractivity contribution in [2.24, 2.45) is 5.92 Å². The Kier molecular flexibility index (Phi) is 8.11. The van der Waals surface area contributed by atoms with Gasteiger partial charge < -0.3 is 19.1 Å². The first kappa shape index (κ1) is 23.5. The lowest BCUT2D eigenvalue weighted by atomic mass is 10.1. The number of carbonyl (C=O) groups excluding carboxylic acids is 1. The van der Waals surface area contributed by atoms with Gasteiger partial charge in [-0.3, -0.25) is 0 Å². The number of anilines is 1.